The van der Waals surface area contributed by atoms with Crippen molar-refractivity contribution in [1.29, 1.82) is 0 Å². The summed E-state index contributed by atoms with van der Waals surface area (Å²) in [5, 5.41) is 6.99. The minimum absolute atomic E-state index is 0.286. The molecular formula is C18H17ClN2O3S. The lowest BCUT2D eigenvalue weighted by atomic mass is 9.93. The molecular weight excluding hydrogens is 360 g/mol. The molecule has 2 atom stereocenters. The summed E-state index contributed by atoms with van der Waals surface area (Å²) in [4.78, 5) is 12.4. The van der Waals surface area contributed by atoms with Crippen molar-refractivity contribution in [3.8, 4) is 11.3 Å². The highest BCUT2D eigenvalue weighted by Crippen LogP contribution is 2.34. The Labute approximate surface area is 156 Å². The van der Waals surface area contributed by atoms with E-state index >= 15 is 0 Å². The zero-order valence-electron chi connectivity index (χ0n) is 13.5. The molecule has 0 amide bonds. The van der Waals surface area contributed by atoms with E-state index in [2.05, 4.69) is 17.2 Å². The Morgan fingerprint density at radius 3 is 2.72 bits per heavy atom. The SMILES string of the molecule is C=C1NC(=S)N[C@@H](c2ccc(-c3ccc(Cl)cc3)o2)[C@@H]1C(=O)OCC. The third-order valence-corrected chi connectivity index (χ3v) is 4.34. The highest BCUT2D eigenvalue weighted by molar-refractivity contribution is 7.80. The molecule has 1 fully saturated rings. The Hall–Kier alpha value is -2.31. The average Bonchev–Trinajstić information content (AvgIpc) is 3.04. The molecule has 5 nitrogen and oxygen atoms in total. The summed E-state index contributed by atoms with van der Waals surface area (Å²) in [6.45, 7) is 5.95. The van der Waals surface area contributed by atoms with Gasteiger partial charge in [-0.1, -0.05) is 18.2 Å². The van der Waals surface area contributed by atoms with E-state index in [1.807, 2.05) is 24.3 Å². The van der Waals surface area contributed by atoms with Crippen molar-refractivity contribution in [1.82, 2.24) is 10.6 Å². The van der Waals surface area contributed by atoms with Crippen molar-refractivity contribution < 1.29 is 13.9 Å². The van der Waals surface area contributed by atoms with Gasteiger partial charge in [-0.05, 0) is 55.5 Å². The third kappa shape index (κ3) is 3.70. The second kappa shape index (κ2) is 7.29. The molecule has 1 saturated heterocycles. The molecule has 25 heavy (non-hydrogen) atoms. The number of benzene rings is 1. The number of carbonyl (C=O) groups is 1. The van der Waals surface area contributed by atoms with Gasteiger partial charge in [0.2, 0.25) is 0 Å². The van der Waals surface area contributed by atoms with Crippen LogP contribution >= 0.6 is 23.8 Å². The number of furan rings is 1. The van der Waals surface area contributed by atoms with Crippen LogP contribution in [0, 0.1) is 5.92 Å². The summed E-state index contributed by atoms with van der Waals surface area (Å²) in [5.41, 5.74) is 1.37. The van der Waals surface area contributed by atoms with E-state index in [4.69, 9.17) is 33.0 Å². The van der Waals surface area contributed by atoms with Gasteiger partial charge in [-0.15, -0.1) is 0 Å². The molecule has 0 radical (unpaired) electrons. The van der Waals surface area contributed by atoms with Crippen LogP contribution in [0.3, 0.4) is 0 Å². The van der Waals surface area contributed by atoms with Gasteiger partial charge in [-0.3, -0.25) is 4.79 Å². The summed E-state index contributed by atoms with van der Waals surface area (Å²) in [6, 6.07) is 10.5. The Balaban J connectivity index is 1.92. The van der Waals surface area contributed by atoms with Crippen molar-refractivity contribution >= 4 is 34.9 Å². The second-order valence-corrected chi connectivity index (χ2v) is 6.38. The summed E-state index contributed by atoms with van der Waals surface area (Å²) >= 11 is 11.1. The van der Waals surface area contributed by atoms with Gasteiger partial charge in [-0.25, -0.2) is 0 Å². The fourth-order valence-electron chi connectivity index (χ4n) is 2.72. The monoisotopic (exact) mass is 376 g/mol. The Morgan fingerprint density at radius 2 is 2.04 bits per heavy atom. The predicted octanol–water partition coefficient (Wildman–Crippen LogP) is 3.81. The maximum Gasteiger partial charge on any atom is 0.317 e. The lowest BCUT2D eigenvalue weighted by Crippen LogP contribution is -2.50. The van der Waals surface area contributed by atoms with Crippen LogP contribution in [0.5, 0.6) is 0 Å². The first-order valence-corrected chi connectivity index (χ1v) is 8.57. The van der Waals surface area contributed by atoms with E-state index in [1.165, 1.54) is 0 Å². The highest BCUT2D eigenvalue weighted by atomic mass is 35.5. The third-order valence-electron chi connectivity index (χ3n) is 3.87. The van der Waals surface area contributed by atoms with Crippen molar-refractivity contribution in [2.24, 2.45) is 5.92 Å². The van der Waals surface area contributed by atoms with Gasteiger partial charge < -0.3 is 19.8 Å². The zero-order valence-corrected chi connectivity index (χ0v) is 15.1. The maximum absolute atomic E-state index is 12.4. The van der Waals surface area contributed by atoms with Crippen molar-refractivity contribution in [3.63, 3.8) is 0 Å². The van der Waals surface area contributed by atoms with E-state index in [1.54, 1.807) is 19.1 Å². The first-order valence-electron chi connectivity index (χ1n) is 7.78. The first kappa shape index (κ1) is 17.5. The Morgan fingerprint density at radius 1 is 1.32 bits per heavy atom. The zero-order chi connectivity index (χ0) is 18.0. The smallest absolute Gasteiger partial charge is 0.317 e. The number of nitrogens with one attached hydrogen (secondary N) is 2. The Bertz CT molecular complexity index is 816. The number of halogens is 1. The quantitative estimate of drug-likeness (QED) is 0.625. The topological polar surface area (TPSA) is 63.5 Å². The summed E-state index contributed by atoms with van der Waals surface area (Å²) in [6.07, 6.45) is 0. The Kier molecular flexibility index (Phi) is 5.11. The maximum atomic E-state index is 12.4. The van der Waals surface area contributed by atoms with E-state index in [-0.39, 0.29) is 12.6 Å². The number of ether oxygens (including phenoxy) is 1. The number of rotatable bonds is 4. The van der Waals surface area contributed by atoms with Crippen LogP contribution in [0.25, 0.3) is 11.3 Å². The van der Waals surface area contributed by atoms with Crippen molar-refractivity contribution in [3.05, 3.63) is 59.5 Å². The molecule has 0 aliphatic carbocycles. The van der Waals surface area contributed by atoms with Crippen molar-refractivity contribution in [2.45, 2.75) is 13.0 Å². The normalized spacial score (nSPS) is 19.9. The van der Waals surface area contributed by atoms with E-state index in [9.17, 15) is 4.79 Å². The number of thiocarbonyl (C=S) groups is 1. The van der Waals surface area contributed by atoms with E-state index in [0.29, 0.717) is 27.4 Å². The van der Waals surface area contributed by atoms with Gasteiger partial charge in [-0.2, -0.15) is 0 Å². The van der Waals surface area contributed by atoms with Crippen LogP contribution in [0.2, 0.25) is 5.02 Å². The van der Waals surface area contributed by atoms with Crippen LogP contribution in [0.4, 0.5) is 0 Å². The number of hydrogen-bond acceptors (Lipinski definition) is 4. The fraction of sp³-hybridized carbons (Fsp3) is 0.222. The van der Waals surface area contributed by atoms with Crippen LogP contribution in [-0.4, -0.2) is 17.7 Å². The lowest BCUT2D eigenvalue weighted by molar-refractivity contribution is -0.148. The summed E-state index contributed by atoms with van der Waals surface area (Å²) in [7, 11) is 0. The summed E-state index contributed by atoms with van der Waals surface area (Å²) in [5.74, 6) is 0.222. The molecule has 7 heteroatoms. The van der Waals surface area contributed by atoms with E-state index in [0.717, 1.165) is 5.56 Å². The molecule has 0 spiro atoms. The number of carbonyl (C=O) groups excluding carboxylic acids is 1. The van der Waals surface area contributed by atoms with Crippen molar-refractivity contribution in [2.75, 3.05) is 6.61 Å². The molecule has 1 aromatic heterocycles. The number of esters is 1. The van der Waals surface area contributed by atoms with E-state index < -0.39 is 12.0 Å². The molecule has 1 aliphatic heterocycles. The average molecular weight is 377 g/mol. The molecule has 0 saturated carbocycles. The standard InChI is InChI=1S/C18H17ClN2O3S/c1-3-23-17(22)15-10(2)20-18(25)21-16(15)14-9-8-13(24-14)11-4-6-12(19)7-5-11/h4-9,15-16H,2-3H2,1H3,(H2,20,21,25)/t15-,16+/m1/s1. The van der Waals surface area contributed by atoms with Crippen LogP contribution in [0.15, 0.2) is 53.1 Å². The first-order chi connectivity index (χ1) is 12.0. The summed E-state index contributed by atoms with van der Waals surface area (Å²) < 4.78 is 11.1. The molecule has 2 N–H and O–H groups in total. The van der Waals surface area contributed by atoms with Crippen LogP contribution < -0.4 is 10.6 Å². The molecule has 0 unspecified atom stereocenters. The molecule has 0 bridgehead atoms. The molecule has 1 aromatic carbocycles. The van der Waals surface area contributed by atoms with Gasteiger partial charge in [0.05, 0.1) is 6.61 Å². The highest BCUT2D eigenvalue weighted by Gasteiger charge is 2.39. The predicted molar refractivity (Wildman–Crippen MR) is 100 cm³/mol. The molecule has 3 rings (SSSR count). The van der Waals surface area contributed by atoms with Crippen LogP contribution in [0.1, 0.15) is 18.7 Å². The lowest BCUT2D eigenvalue weighted by Gasteiger charge is -2.33. The number of hydrogen-bond donors (Lipinski definition) is 2. The van der Waals surface area contributed by atoms with Gasteiger partial charge in [0.1, 0.15) is 23.5 Å². The van der Waals surface area contributed by atoms with Crippen LogP contribution in [-0.2, 0) is 9.53 Å². The molecule has 2 aromatic rings. The van der Waals surface area contributed by atoms with Gasteiger partial charge >= 0.3 is 5.97 Å². The fourth-order valence-corrected chi connectivity index (χ4v) is 3.10. The van der Waals surface area contributed by atoms with Gasteiger partial charge in [0.15, 0.2) is 5.11 Å². The largest absolute Gasteiger partial charge is 0.465 e. The minimum atomic E-state index is -0.643. The van der Waals surface area contributed by atoms with Gasteiger partial charge in [0.25, 0.3) is 0 Å². The molecule has 130 valence electrons. The molecule has 2 heterocycles. The van der Waals surface area contributed by atoms with Gasteiger partial charge in [0, 0.05) is 16.3 Å². The second-order valence-electron chi connectivity index (χ2n) is 5.54. The molecule has 1 aliphatic rings. The minimum Gasteiger partial charge on any atom is -0.465 e.